The molecule has 1 amide bonds. The molecule has 5 nitrogen and oxygen atoms in total. The van der Waals surface area contributed by atoms with Crippen molar-refractivity contribution in [3.05, 3.63) is 77.9 Å². The number of ether oxygens (including phenoxy) is 2. The number of anilines is 1. The molecule has 2 aromatic carbocycles. The number of rotatable bonds is 4. The van der Waals surface area contributed by atoms with Crippen LogP contribution in [0, 0.1) is 35.0 Å². The highest BCUT2D eigenvalue weighted by Crippen LogP contribution is 2.59. The van der Waals surface area contributed by atoms with Crippen LogP contribution in [-0.4, -0.2) is 22.9 Å². The number of phenols is 1. The number of benzene rings is 2. The molecular weight excluding hydrogens is 450 g/mol. The second-order valence-corrected chi connectivity index (χ2v) is 11.3. The lowest BCUT2D eigenvalue weighted by atomic mass is 9.50. The van der Waals surface area contributed by atoms with Gasteiger partial charge in [-0.3, -0.25) is 4.79 Å². The number of hydrogen-bond donors (Lipinski definition) is 2. The maximum atomic E-state index is 12.4. The lowest BCUT2D eigenvalue weighted by Crippen LogP contribution is -2.45. The number of carbonyl (C=O) groups is 1. The van der Waals surface area contributed by atoms with Crippen LogP contribution < -0.4 is 10.1 Å². The Morgan fingerprint density at radius 3 is 2.42 bits per heavy atom. The summed E-state index contributed by atoms with van der Waals surface area (Å²) in [6, 6.07) is 13.7. The van der Waals surface area contributed by atoms with Crippen molar-refractivity contribution < 1.29 is 19.4 Å². The summed E-state index contributed by atoms with van der Waals surface area (Å²) in [6.45, 7) is 0. The summed E-state index contributed by atoms with van der Waals surface area (Å²) in [5, 5.41) is 13.2. The van der Waals surface area contributed by atoms with E-state index in [0.717, 1.165) is 23.3 Å². The molecule has 0 aromatic heterocycles. The minimum atomic E-state index is -0.854. The highest BCUT2D eigenvalue weighted by molar-refractivity contribution is 6.05. The van der Waals surface area contributed by atoms with Crippen LogP contribution in [0.1, 0.15) is 48.9 Å². The first-order valence-electron chi connectivity index (χ1n) is 13.0. The van der Waals surface area contributed by atoms with E-state index in [2.05, 4.69) is 17.2 Å². The van der Waals surface area contributed by atoms with Crippen molar-refractivity contribution >= 4 is 11.6 Å². The number of nitrogens with one attached hydrogen (secondary N) is 1. The van der Waals surface area contributed by atoms with Crippen molar-refractivity contribution in [3.8, 4) is 23.3 Å². The molecule has 2 N–H and O–H groups in total. The molecule has 2 unspecified atom stereocenters. The standard InChI is InChI=1S/C31H29NO4/c33-27-16-25(6-7-26(27)32-29(34)24-4-2-1-3-5-24)35-31-11-9-20(15-28(31)36-31)8-10-30-17-21-12-22(18-30)14-23(13-21)19-30/h1-7,9,11,15-16,21-23,28,33H,12-14,17-19H2,(H,32,34). The Balaban J connectivity index is 1.01. The zero-order valence-corrected chi connectivity index (χ0v) is 20.1. The highest BCUT2D eigenvalue weighted by Gasteiger charge is 2.58. The molecule has 36 heavy (non-hydrogen) atoms. The second-order valence-electron chi connectivity index (χ2n) is 11.3. The van der Waals surface area contributed by atoms with Crippen molar-refractivity contribution in [1.82, 2.24) is 0 Å². The van der Waals surface area contributed by atoms with Gasteiger partial charge in [0.1, 0.15) is 11.5 Å². The van der Waals surface area contributed by atoms with Crippen LogP contribution in [-0.2, 0) is 4.74 Å². The number of fused-ring (bicyclic) bond motifs is 1. The van der Waals surface area contributed by atoms with E-state index in [1.54, 1.807) is 36.4 Å². The first kappa shape index (κ1) is 21.8. The molecule has 1 saturated heterocycles. The SMILES string of the molecule is O=C(Nc1ccc(OC23C=CC(C#CC45CC6CC(CC(C6)C4)C5)=CC2O3)cc1O)c1ccccc1. The normalized spacial score (nSPS) is 34.7. The predicted octanol–water partition coefficient (Wildman–Crippen LogP) is 5.83. The van der Waals surface area contributed by atoms with Crippen LogP contribution in [0.3, 0.4) is 0 Å². The van der Waals surface area contributed by atoms with Crippen LogP contribution in [0.5, 0.6) is 11.5 Å². The molecule has 2 aromatic rings. The summed E-state index contributed by atoms with van der Waals surface area (Å²) >= 11 is 0. The summed E-state index contributed by atoms with van der Waals surface area (Å²) in [4.78, 5) is 12.4. The third kappa shape index (κ3) is 3.90. The molecular formula is C31H29NO4. The second kappa shape index (κ2) is 8.01. The van der Waals surface area contributed by atoms with Gasteiger partial charge in [-0.1, -0.05) is 30.0 Å². The monoisotopic (exact) mass is 479 g/mol. The van der Waals surface area contributed by atoms with Crippen LogP contribution in [0.25, 0.3) is 0 Å². The number of hydrogen-bond acceptors (Lipinski definition) is 4. The van der Waals surface area contributed by atoms with Crippen LogP contribution in [0.2, 0.25) is 0 Å². The number of amides is 1. The van der Waals surface area contributed by atoms with Crippen molar-refractivity contribution in [1.29, 1.82) is 0 Å². The van der Waals surface area contributed by atoms with Gasteiger partial charge < -0.3 is 19.9 Å². The van der Waals surface area contributed by atoms with E-state index in [0.29, 0.717) is 17.0 Å². The Kier molecular flexibility index (Phi) is 4.84. The summed E-state index contributed by atoms with van der Waals surface area (Å²) in [6.07, 6.45) is 13.9. The van der Waals surface area contributed by atoms with Crippen molar-refractivity contribution in [3.63, 3.8) is 0 Å². The first-order chi connectivity index (χ1) is 17.5. The van der Waals surface area contributed by atoms with E-state index in [1.165, 1.54) is 44.6 Å². The van der Waals surface area contributed by atoms with Gasteiger partial charge >= 0.3 is 0 Å². The smallest absolute Gasteiger partial charge is 0.261 e. The van der Waals surface area contributed by atoms with E-state index >= 15 is 0 Å². The lowest BCUT2D eigenvalue weighted by Gasteiger charge is -2.54. The summed E-state index contributed by atoms with van der Waals surface area (Å²) in [5.74, 6) is 9.12. The van der Waals surface area contributed by atoms with Gasteiger partial charge in [0.15, 0.2) is 6.10 Å². The summed E-state index contributed by atoms with van der Waals surface area (Å²) < 4.78 is 12.0. The third-order valence-corrected chi connectivity index (χ3v) is 8.52. The molecule has 1 heterocycles. The fourth-order valence-electron chi connectivity index (χ4n) is 7.19. The molecule has 5 aliphatic carbocycles. The summed E-state index contributed by atoms with van der Waals surface area (Å²) in [7, 11) is 0. The number of allylic oxidation sites excluding steroid dienone is 2. The van der Waals surface area contributed by atoms with Gasteiger partial charge in [-0.25, -0.2) is 0 Å². The molecule has 2 atom stereocenters. The molecule has 0 radical (unpaired) electrons. The molecule has 4 bridgehead atoms. The van der Waals surface area contributed by atoms with Crippen LogP contribution >= 0.6 is 0 Å². The van der Waals surface area contributed by atoms with Gasteiger partial charge in [0.05, 0.1) is 5.69 Å². The first-order valence-corrected chi connectivity index (χ1v) is 13.0. The van der Waals surface area contributed by atoms with Crippen molar-refractivity contribution in [2.45, 2.75) is 50.4 Å². The predicted molar refractivity (Wildman–Crippen MR) is 136 cm³/mol. The number of carbonyl (C=O) groups excluding carboxylic acids is 1. The van der Waals surface area contributed by atoms with Crippen molar-refractivity contribution in [2.24, 2.45) is 23.2 Å². The van der Waals surface area contributed by atoms with Gasteiger partial charge in [-0.2, -0.15) is 0 Å². The largest absolute Gasteiger partial charge is 0.506 e. The molecule has 0 spiro atoms. The lowest BCUT2D eigenvalue weighted by molar-refractivity contribution is -0.0181. The van der Waals surface area contributed by atoms with Crippen LogP contribution in [0.15, 0.2) is 72.3 Å². The topological polar surface area (TPSA) is 71.1 Å². The van der Waals surface area contributed by atoms with E-state index in [9.17, 15) is 9.90 Å². The molecule has 5 fully saturated rings. The molecule has 5 heteroatoms. The molecule has 8 rings (SSSR count). The maximum Gasteiger partial charge on any atom is 0.261 e. The minimum absolute atomic E-state index is 0.0668. The Hall–Kier alpha value is -3.49. The molecule has 1 aliphatic heterocycles. The Morgan fingerprint density at radius 2 is 1.75 bits per heavy atom. The maximum absolute atomic E-state index is 12.4. The van der Waals surface area contributed by atoms with E-state index < -0.39 is 5.79 Å². The van der Waals surface area contributed by atoms with E-state index in [4.69, 9.17) is 9.47 Å². The zero-order chi connectivity index (χ0) is 24.3. The number of phenolic OH excluding ortho intramolecular Hbond substituents is 1. The quantitative estimate of drug-likeness (QED) is 0.329. The van der Waals surface area contributed by atoms with Crippen molar-refractivity contribution in [2.75, 3.05) is 5.32 Å². The van der Waals surface area contributed by atoms with Gasteiger partial charge in [-0.15, -0.1) is 0 Å². The van der Waals surface area contributed by atoms with Gasteiger partial charge in [0, 0.05) is 22.6 Å². The van der Waals surface area contributed by atoms with Gasteiger partial charge in [0.2, 0.25) is 0 Å². The highest BCUT2D eigenvalue weighted by atomic mass is 16.8. The number of aromatic hydroxyl groups is 1. The van der Waals surface area contributed by atoms with Crippen LogP contribution in [0.4, 0.5) is 5.69 Å². The minimum Gasteiger partial charge on any atom is -0.506 e. The molecule has 182 valence electrons. The molecule has 6 aliphatic rings. The zero-order valence-electron chi connectivity index (χ0n) is 20.1. The average molecular weight is 480 g/mol. The summed E-state index contributed by atoms with van der Waals surface area (Å²) in [5.41, 5.74) is 2.07. The Morgan fingerprint density at radius 1 is 1.03 bits per heavy atom. The van der Waals surface area contributed by atoms with Gasteiger partial charge in [0.25, 0.3) is 11.7 Å². The average Bonchev–Trinajstić information content (AvgIpc) is 3.57. The van der Waals surface area contributed by atoms with E-state index in [1.807, 2.05) is 24.3 Å². The number of epoxide rings is 1. The fraction of sp³-hybridized carbons (Fsp3) is 0.387. The molecule has 4 saturated carbocycles. The van der Waals surface area contributed by atoms with E-state index in [-0.39, 0.29) is 23.2 Å². The van der Waals surface area contributed by atoms with Gasteiger partial charge in [-0.05, 0) is 98.8 Å². The fourth-order valence-corrected chi connectivity index (χ4v) is 7.19. The third-order valence-electron chi connectivity index (χ3n) is 8.52. The Labute approximate surface area is 211 Å². The Bertz CT molecular complexity index is 1310.